The molecule has 5 heteroatoms. The molecular formula is C15H20ClN3O. The van der Waals surface area contributed by atoms with Crippen LogP contribution in [0.3, 0.4) is 0 Å². The topological polar surface area (TPSA) is 53.1 Å². The summed E-state index contributed by atoms with van der Waals surface area (Å²) in [5, 5.41) is 5.00. The van der Waals surface area contributed by atoms with Crippen LogP contribution in [-0.4, -0.2) is 15.8 Å². The Morgan fingerprint density at radius 2 is 2.10 bits per heavy atom. The van der Waals surface area contributed by atoms with Crippen molar-refractivity contribution in [2.45, 2.75) is 33.2 Å². The van der Waals surface area contributed by atoms with Gasteiger partial charge in [-0.25, -0.2) is 0 Å². The zero-order valence-corrected chi connectivity index (χ0v) is 13.0. The van der Waals surface area contributed by atoms with Gasteiger partial charge in [0.2, 0.25) is 0 Å². The van der Waals surface area contributed by atoms with Gasteiger partial charge in [-0.1, -0.05) is 17.7 Å². The average molecular weight is 294 g/mol. The number of hydrogen-bond donors (Lipinski definition) is 1. The predicted octanol–water partition coefficient (Wildman–Crippen LogP) is 3.37. The van der Waals surface area contributed by atoms with Gasteiger partial charge in [-0.3, -0.25) is 4.68 Å². The minimum atomic E-state index is 0.0645. The van der Waals surface area contributed by atoms with Crippen molar-refractivity contribution in [1.82, 2.24) is 9.78 Å². The maximum absolute atomic E-state index is 6.07. The van der Waals surface area contributed by atoms with Gasteiger partial charge in [-0.15, -0.1) is 0 Å². The third-order valence-corrected chi connectivity index (χ3v) is 3.46. The molecule has 0 aliphatic rings. The van der Waals surface area contributed by atoms with E-state index in [1.165, 1.54) is 0 Å². The van der Waals surface area contributed by atoms with Crippen molar-refractivity contribution < 1.29 is 4.74 Å². The summed E-state index contributed by atoms with van der Waals surface area (Å²) in [6.07, 6.45) is 0.741. The Bertz CT molecular complexity index is 620. The number of rotatable bonds is 4. The van der Waals surface area contributed by atoms with Crippen LogP contribution < -0.4 is 10.5 Å². The molecule has 2 N–H and O–H groups in total. The van der Waals surface area contributed by atoms with E-state index in [-0.39, 0.29) is 6.04 Å². The largest absolute Gasteiger partial charge is 0.453 e. The van der Waals surface area contributed by atoms with E-state index in [9.17, 15) is 0 Å². The van der Waals surface area contributed by atoms with Gasteiger partial charge in [0.25, 0.3) is 0 Å². The molecule has 1 atom stereocenters. The summed E-state index contributed by atoms with van der Waals surface area (Å²) in [6, 6.07) is 5.71. The monoisotopic (exact) mass is 293 g/mol. The van der Waals surface area contributed by atoms with E-state index < -0.39 is 0 Å². The molecule has 4 nitrogen and oxygen atoms in total. The van der Waals surface area contributed by atoms with Crippen LogP contribution in [0, 0.1) is 13.8 Å². The van der Waals surface area contributed by atoms with Crippen LogP contribution in [0.5, 0.6) is 11.5 Å². The maximum atomic E-state index is 6.07. The molecule has 2 aromatic rings. The summed E-state index contributed by atoms with van der Waals surface area (Å²) in [4.78, 5) is 0. The Morgan fingerprint density at radius 1 is 1.40 bits per heavy atom. The van der Waals surface area contributed by atoms with Crippen molar-refractivity contribution >= 4 is 11.6 Å². The van der Waals surface area contributed by atoms with E-state index in [4.69, 9.17) is 22.1 Å². The molecule has 0 spiro atoms. The first-order valence-electron chi connectivity index (χ1n) is 6.60. The Kier molecular flexibility index (Phi) is 4.35. The first kappa shape index (κ1) is 14.9. The molecule has 1 heterocycles. The van der Waals surface area contributed by atoms with Gasteiger partial charge in [-0.2, -0.15) is 5.10 Å². The molecule has 0 aliphatic carbocycles. The number of hydrogen-bond acceptors (Lipinski definition) is 3. The smallest absolute Gasteiger partial charge is 0.171 e. The number of aromatic nitrogens is 2. The molecule has 0 saturated carbocycles. The summed E-state index contributed by atoms with van der Waals surface area (Å²) in [5.74, 6) is 1.52. The van der Waals surface area contributed by atoms with Crippen LogP contribution in [0.15, 0.2) is 18.2 Å². The van der Waals surface area contributed by atoms with E-state index in [2.05, 4.69) is 5.10 Å². The van der Waals surface area contributed by atoms with Crippen molar-refractivity contribution in [2.75, 3.05) is 0 Å². The molecule has 0 amide bonds. The van der Waals surface area contributed by atoms with E-state index in [1.807, 2.05) is 46.0 Å². The highest BCUT2D eigenvalue weighted by molar-refractivity contribution is 6.30. The third kappa shape index (κ3) is 3.14. The molecule has 1 aromatic heterocycles. The molecule has 0 fully saturated rings. The molecule has 1 aromatic carbocycles. The van der Waals surface area contributed by atoms with Gasteiger partial charge in [-0.05, 0) is 44.9 Å². The number of nitrogens with two attached hydrogens (primary N) is 1. The second kappa shape index (κ2) is 5.85. The molecule has 108 valence electrons. The van der Waals surface area contributed by atoms with Crippen molar-refractivity contribution in [3.63, 3.8) is 0 Å². The molecule has 1 unspecified atom stereocenters. The molecular weight excluding hydrogens is 274 g/mol. The predicted molar refractivity (Wildman–Crippen MR) is 81.6 cm³/mol. The van der Waals surface area contributed by atoms with Crippen molar-refractivity contribution in [2.24, 2.45) is 12.8 Å². The van der Waals surface area contributed by atoms with Crippen LogP contribution in [-0.2, 0) is 13.5 Å². The lowest BCUT2D eigenvalue weighted by molar-refractivity contribution is 0.466. The number of ether oxygens (including phenoxy) is 1. The first-order valence-corrected chi connectivity index (χ1v) is 6.98. The van der Waals surface area contributed by atoms with Crippen molar-refractivity contribution in [3.05, 3.63) is 40.2 Å². The first-order chi connectivity index (χ1) is 9.38. The third-order valence-electron chi connectivity index (χ3n) is 3.23. The summed E-state index contributed by atoms with van der Waals surface area (Å²) in [6.45, 7) is 5.88. The second-order valence-electron chi connectivity index (χ2n) is 5.16. The lowest BCUT2D eigenvalue weighted by atomic mass is 10.1. The molecule has 0 saturated heterocycles. The standard InChI is InChI=1S/C15H20ClN3O/c1-9(17)7-12-5-6-13(16)8-14(12)20-15-10(2)18-19(4)11(15)3/h5-6,8-9H,7,17H2,1-4H3. The Morgan fingerprint density at radius 3 is 2.65 bits per heavy atom. The number of nitrogens with zero attached hydrogens (tertiary/aromatic N) is 2. The van der Waals surface area contributed by atoms with Gasteiger partial charge in [0.1, 0.15) is 11.4 Å². The Labute approximate surface area is 124 Å². The fourth-order valence-electron chi connectivity index (χ4n) is 2.15. The lowest BCUT2D eigenvalue weighted by Crippen LogP contribution is -2.18. The molecule has 0 bridgehead atoms. The highest BCUT2D eigenvalue weighted by Gasteiger charge is 2.14. The Hall–Kier alpha value is -1.52. The molecule has 0 aliphatic heterocycles. The minimum absolute atomic E-state index is 0.0645. The summed E-state index contributed by atoms with van der Waals surface area (Å²) < 4.78 is 7.86. The van der Waals surface area contributed by atoms with Gasteiger partial charge in [0.05, 0.1) is 5.69 Å². The molecule has 2 rings (SSSR count). The van der Waals surface area contributed by atoms with Crippen LogP contribution in [0.4, 0.5) is 0 Å². The van der Waals surface area contributed by atoms with Crippen LogP contribution in [0.25, 0.3) is 0 Å². The zero-order chi connectivity index (χ0) is 14.9. The minimum Gasteiger partial charge on any atom is -0.453 e. The summed E-state index contributed by atoms with van der Waals surface area (Å²) >= 11 is 6.07. The second-order valence-corrected chi connectivity index (χ2v) is 5.60. The van der Waals surface area contributed by atoms with Crippen LogP contribution in [0.2, 0.25) is 5.02 Å². The fraction of sp³-hybridized carbons (Fsp3) is 0.400. The number of benzene rings is 1. The number of halogens is 1. The average Bonchev–Trinajstić information content (AvgIpc) is 2.59. The van der Waals surface area contributed by atoms with Gasteiger partial charge in [0, 0.05) is 18.1 Å². The lowest BCUT2D eigenvalue weighted by Gasteiger charge is -2.13. The van der Waals surface area contributed by atoms with Crippen molar-refractivity contribution in [3.8, 4) is 11.5 Å². The quantitative estimate of drug-likeness (QED) is 0.940. The van der Waals surface area contributed by atoms with E-state index in [1.54, 1.807) is 4.68 Å². The van der Waals surface area contributed by atoms with Crippen molar-refractivity contribution in [1.29, 1.82) is 0 Å². The van der Waals surface area contributed by atoms with Crippen LogP contribution in [0.1, 0.15) is 23.9 Å². The zero-order valence-electron chi connectivity index (χ0n) is 12.3. The summed E-state index contributed by atoms with van der Waals surface area (Å²) in [5.41, 5.74) is 8.77. The van der Waals surface area contributed by atoms with Crippen LogP contribution >= 0.6 is 11.6 Å². The Balaban J connectivity index is 2.39. The SMILES string of the molecule is Cc1nn(C)c(C)c1Oc1cc(Cl)ccc1CC(C)N. The van der Waals surface area contributed by atoms with Gasteiger partial charge in [0.15, 0.2) is 5.75 Å². The molecule has 0 radical (unpaired) electrons. The van der Waals surface area contributed by atoms with E-state index >= 15 is 0 Å². The number of aryl methyl sites for hydroxylation is 2. The highest BCUT2D eigenvalue weighted by Crippen LogP contribution is 2.32. The van der Waals surface area contributed by atoms with Gasteiger partial charge < -0.3 is 10.5 Å². The highest BCUT2D eigenvalue weighted by atomic mass is 35.5. The normalized spacial score (nSPS) is 12.5. The summed E-state index contributed by atoms with van der Waals surface area (Å²) in [7, 11) is 1.90. The van der Waals surface area contributed by atoms with Gasteiger partial charge >= 0.3 is 0 Å². The maximum Gasteiger partial charge on any atom is 0.171 e. The van der Waals surface area contributed by atoms with E-state index in [0.29, 0.717) is 5.02 Å². The fourth-order valence-corrected chi connectivity index (χ4v) is 2.31. The van der Waals surface area contributed by atoms with E-state index in [0.717, 1.165) is 34.9 Å². The molecule has 20 heavy (non-hydrogen) atoms.